The average Bonchev–Trinajstić information content (AvgIpc) is 3.04. The van der Waals surface area contributed by atoms with Crippen molar-refractivity contribution in [3.05, 3.63) is 23.8 Å². The number of hydrogen-bond donors (Lipinski definition) is 0. The van der Waals surface area contributed by atoms with Crippen LogP contribution < -0.4 is 9.47 Å². The third-order valence-electron chi connectivity index (χ3n) is 5.88. The van der Waals surface area contributed by atoms with Gasteiger partial charge in [-0.2, -0.15) is 0 Å². The summed E-state index contributed by atoms with van der Waals surface area (Å²) in [5.41, 5.74) is 0.0326. The van der Waals surface area contributed by atoms with E-state index in [0.717, 1.165) is 32.1 Å². The van der Waals surface area contributed by atoms with Gasteiger partial charge in [-0.1, -0.05) is 19.3 Å². The predicted octanol–water partition coefficient (Wildman–Crippen LogP) is 3.21. The molecule has 1 amide bonds. The fourth-order valence-corrected chi connectivity index (χ4v) is 4.47. The Bertz CT molecular complexity index is 695. The molecule has 0 bridgehead atoms. The van der Waals surface area contributed by atoms with E-state index in [1.807, 2.05) is 11.0 Å². The summed E-state index contributed by atoms with van der Waals surface area (Å²) in [6.45, 7) is 1.22. The van der Waals surface area contributed by atoms with Crippen LogP contribution in [0.4, 0.5) is 0 Å². The van der Waals surface area contributed by atoms with Gasteiger partial charge in [-0.15, -0.1) is 0 Å². The number of rotatable bonds is 2. The normalized spacial score (nSPS) is 26.4. The Labute approximate surface area is 148 Å². The largest absolute Gasteiger partial charge is 0.497 e. The Balaban J connectivity index is 1.50. The lowest BCUT2D eigenvalue weighted by molar-refractivity contribution is -0.136. The van der Waals surface area contributed by atoms with Gasteiger partial charge in [0, 0.05) is 18.9 Å². The molecule has 2 fully saturated rings. The first-order valence-corrected chi connectivity index (χ1v) is 9.29. The Morgan fingerprint density at radius 1 is 1.28 bits per heavy atom. The molecule has 4 rings (SSSR count). The molecule has 3 aliphatic rings. The van der Waals surface area contributed by atoms with Gasteiger partial charge in [0.25, 0.3) is 0 Å². The fraction of sp³-hybridized carbons (Fsp3) is 0.600. The van der Waals surface area contributed by atoms with E-state index in [-0.39, 0.29) is 17.6 Å². The van der Waals surface area contributed by atoms with Crippen molar-refractivity contribution in [2.75, 3.05) is 20.2 Å². The van der Waals surface area contributed by atoms with Crippen LogP contribution in [0.5, 0.6) is 11.5 Å². The van der Waals surface area contributed by atoms with Crippen molar-refractivity contribution in [1.82, 2.24) is 4.90 Å². The summed E-state index contributed by atoms with van der Waals surface area (Å²) in [4.78, 5) is 27.4. The second kappa shape index (κ2) is 6.36. The van der Waals surface area contributed by atoms with E-state index in [4.69, 9.17) is 9.47 Å². The molecule has 134 valence electrons. The van der Waals surface area contributed by atoms with Crippen LogP contribution >= 0.6 is 0 Å². The van der Waals surface area contributed by atoms with Gasteiger partial charge < -0.3 is 14.4 Å². The zero-order chi connectivity index (χ0) is 17.4. The Kier molecular flexibility index (Phi) is 4.18. The molecule has 1 unspecified atom stereocenters. The molecule has 25 heavy (non-hydrogen) atoms. The van der Waals surface area contributed by atoms with Gasteiger partial charge in [0.15, 0.2) is 5.78 Å². The smallest absolute Gasteiger partial charge is 0.225 e. The molecule has 1 aromatic rings. The van der Waals surface area contributed by atoms with Crippen LogP contribution in [0.25, 0.3) is 0 Å². The first-order valence-electron chi connectivity index (χ1n) is 9.29. The van der Waals surface area contributed by atoms with Crippen LogP contribution in [-0.2, 0) is 4.79 Å². The summed E-state index contributed by atoms with van der Waals surface area (Å²) in [5, 5.41) is 0. The molecule has 2 aliphatic heterocycles. The number of carbonyl (C=O) groups excluding carboxylic acids is 2. The summed E-state index contributed by atoms with van der Waals surface area (Å²) in [6, 6.07) is 5.36. The number of carbonyl (C=O) groups is 2. The fourth-order valence-electron chi connectivity index (χ4n) is 4.47. The van der Waals surface area contributed by atoms with E-state index in [1.165, 1.54) is 6.42 Å². The molecule has 1 spiro atoms. The van der Waals surface area contributed by atoms with Crippen LogP contribution in [-0.4, -0.2) is 42.4 Å². The Hall–Kier alpha value is -2.04. The Morgan fingerprint density at radius 3 is 2.84 bits per heavy atom. The number of fused-ring (bicyclic) bond motifs is 1. The van der Waals surface area contributed by atoms with Gasteiger partial charge in [-0.25, -0.2) is 0 Å². The average molecular weight is 343 g/mol. The number of benzene rings is 1. The number of likely N-dealkylation sites (tertiary alicyclic amines) is 1. The Morgan fingerprint density at radius 2 is 2.08 bits per heavy atom. The molecule has 1 saturated heterocycles. The lowest BCUT2D eigenvalue weighted by Crippen LogP contribution is -2.46. The maximum absolute atomic E-state index is 12.8. The van der Waals surface area contributed by atoms with E-state index in [0.29, 0.717) is 36.6 Å². The van der Waals surface area contributed by atoms with Gasteiger partial charge in [-0.05, 0) is 31.0 Å². The SMILES string of the molecule is COc1ccc2c(c1)C(=O)CC1(CCN(C(=O)C3CCCCC3)C1)O2. The highest BCUT2D eigenvalue weighted by Gasteiger charge is 2.47. The number of ketones is 1. The molecule has 0 N–H and O–H groups in total. The molecule has 2 heterocycles. The summed E-state index contributed by atoms with van der Waals surface area (Å²) in [5.74, 6) is 1.77. The van der Waals surface area contributed by atoms with Gasteiger partial charge in [0.1, 0.15) is 17.1 Å². The van der Waals surface area contributed by atoms with E-state index in [9.17, 15) is 9.59 Å². The minimum atomic E-state index is -0.553. The van der Waals surface area contributed by atoms with E-state index in [2.05, 4.69) is 0 Å². The van der Waals surface area contributed by atoms with Crippen molar-refractivity contribution in [2.24, 2.45) is 5.92 Å². The monoisotopic (exact) mass is 343 g/mol. The van der Waals surface area contributed by atoms with Crippen LogP contribution in [0.2, 0.25) is 0 Å². The number of amides is 1. The standard InChI is InChI=1S/C20H25NO4/c1-24-15-7-8-18-16(11-15)17(22)12-20(25-18)9-10-21(13-20)19(23)14-5-3-2-4-6-14/h7-8,11,14H,2-6,9-10,12-13H2,1H3. The highest BCUT2D eigenvalue weighted by Crippen LogP contribution is 2.40. The molecule has 0 radical (unpaired) electrons. The van der Waals surface area contributed by atoms with Crippen LogP contribution in [0, 0.1) is 5.92 Å². The lowest BCUT2D eigenvalue weighted by Gasteiger charge is -2.35. The molecular weight excluding hydrogens is 318 g/mol. The van der Waals surface area contributed by atoms with Crippen molar-refractivity contribution in [3.8, 4) is 11.5 Å². The minimum absolute atomic E-state index is 0.0760. The molecule has 0 aromatic heterocycles. The predicted molar refractivity (Wildman–Crippen MR) is 93.1 cm³/mol. The molecule has 1 saturated carbocycles. The van der Waals surface area contributed by atoms with Crippen molar-refractivity contribution in [2.45, 2.75) is 50.5 Å². The summed E-state index contributed by atoms with van der Waals surface area (Å²) >= 11 is 0. The second-order valence-electron chi connectivity index (χ2n) is 7.59. The van der Waals surface area contributed by atoms with Crippen molar-refractivity contribution >= 4 is 11.7 Å². The third-order valence-corrected chi connectivity index (χ3v) is 5.88. The zero-order valence-corrected chi connectivity index (χ0v) is 14.8. The van der Waals surface area contributed by atoms with Crippen molar-refractivity contribution in [3.63, 3.8) is 0 Å². The van der Waals surface area contributed by atoms with Crippen molar-refractivity contribution in [1.29, 1.82) is 0 Å². The van der Waals surface area contributed by atoms with Gasteiger partial charge >= 0.3 is 0 Å². The number of nitrogens with zero attached hydrogens (tertiary/aromatic N) is 1. The quantitative estimate of drug-likeness (QED) is 0.827. The van der Waals surface area contributed by atoms with Crippen LogP contribution in [0.15, 0.2) is 18.2 Å². The number of methoxy groups -OCH3 is 1. The molecule has 1 aliphatic carbocycles. The highest BCUT2D eigenvalue weighted by molar-refractivity contribution is 6.01. The number of ether oxygens (including phenoxy) is 2. The van der Waals surface area contributed by atoms with Gasteiger partial charge in [0.05, 0.1) is 25.6 Å². The zero-order valence-electron chi connectivity index (χ0n) is 14.8. The highest BCUT2D eigenvalue weighted by atomic mass is 16.5. The topological polar surface area (TPSA) is 55.8 Å². The number of hydrogen-bond acceptors (Lipinski definition) is 4. The molecule has 1 atom stereocenters. The molecule has 1 aromatic carbocycles. The first kappa shape index (κ1) is 16.4. The number of Topliss-reactive ketones (excluding diaryl/α,β-unsaturated/α-hetero) is 1. The van der Waals surface area contributed by atoms with E-state index >= 15 is 0 Å². The lowest BCUT2D eigenvalue weighted by atomic mass is 9.88. The summed E-state index contributed by atoms with van der Waals surface area (Å²) < 4.78 is 11.4. The summed E-state index contributed by atoms with van der Waals surface area (Å²) in [7, 11) is 1.59. The summed E-state index contributed by atoms with van der Waals surface area (Å²) in [6.07, 6.45) is 6.62. The van der Waals surface area contributed by atoms with E-state index in [1.54, 1.807) is 19.2 Å². The second-order valence-corrected chi connectivity index (χ2v) is 7.59. The minimum Gasteiger partial charge on any atom is -0.497 e. The van der Waals surface area contributed by atoms with Crippen LogP contribution in [0.3, 0.4) is 0 Å². The molecular formula is C20H25NO4. The molecule has 5 nitrogen and oxygen atoms in total. The first-order chi connectivity index (χ1) is 12.1. The van der Waals surface area contributed by atoms with Gasteiger partial charge in [0.2, 0.25) is 5.91 Å². The molecule has 5 heteroatoms. The van der Waals surface area contributed by atoms with Crippen molar-refractivity contribution < 1.29 is 19.1 Å². The van der Waals surface area contributed by atoms with Crippen LogP contribution in [0.1, 0.15) is 55.3 Å². The van der Waals surface area contributed by atoms with Gasteiger partial charge in [-0.3, -0.25) is 9.59 Å². The maximum atomic E-state index is 12.8. The third kappa shape index (κ3) is 3.00. The van der Waals surface area contributed by atoms with E-state index < -0.39 is 5.60 Å². The maximum Gasteiger partial charge on any atom is 0.225 e.